The lowest BCUT2D eigenvalue weighted by Crippen LogP contribution is -2.39. The maximum atomic E-state index is 11.6. The Morgan fingerprint density at radius 1 is 1.25 bits per heavy atom. The van der Waals surface area contributed by atoms with E-state index in [1.165, 1.54) is 11.7 Å². The molecule has 1 heterocycles. The van der Waals surface area contributed by atoms with E-state index in [1.807, 2.05) is 0 Å². The van der Waals surface area contributed by atoms with E-state index in [4.69, 9.17) is 10.2 Å². The Labute approximate surface area is 93.9 Å². The van der Waals surface area contributed by atoms with Crippen LogP contribution in [0.2, 0.25) is 0 Å². The number of carboxylic acids is 2. The van der Waals surface area contributed by atoms with Crippen molar-refractivity contribution in [3.63, 3.8) is 0 Å². The quantitative estimate of drug-likeness (QED) is 0.739. The predicted molar refractivity (Wildman–Crippen MR) is 53.3 cm³/mol. The lowest BCUT2D eigenvalue weighted by Gasteiger charge is -2.16. The molecule has 0 aliphatic rings. The molecule has 0 atom stereocenters. The summed E-state index contributed by atoms with van der Waals surface area (Å²) < 4.78 is 0. The van der Waals surface area contributed by atoms with E-state index in [9.17, 15) is 14.4 Å². The van der Waals surface area contributed by atoms with Gasteiger partial charge in [-0.25, -0.2) is 0 Å². The monoisotopic (exact) mass is 244 g/mol. The van der Waals surface area contributed by atoms with E-state index in [0.29, 0.717) is 0 Å². The molecule has 0 saturated heterocycles. The van der Waals surface area contributed by atoms with Crippen LogP contribution in [-0.4, -0.2) is 51.0 Å². The molecule has 0 radical (unpaired) electrons. The molecule has 8 heteroatoms. The molecule has 0 spiro atoms. The molecule has 1 amide bonds. The zero-order chi connectivity index (χ0) is 12.1. The normalized spacial score (nSPS) is 9.75. The van der Waals surface area contributed by atoms with Crippen LogP contribution in [0.5, 0.6) is 0 Å². The standard InChI is InChI=1S/C8H8N2O5S/c11-6(12)2-10(3-7(13)14)8(15)5-1-9-4-16-5/h1,4H,2-3H2,(H,11,12)(H,13,14). The van der Waals surface area contributed by atoms with Crippen molar-refractivity contribution in [3.8, 4) is 0 Å². The van der Waals surface area contributed by atoms with E-state index in [0.717, 1.165) is 16.2 Å². The van der Waals surface area contributed by atoms with Crippen molar-refractivity contribution < 1.29 is 24.6 Å². The van der Waals surface area contributed by atoms with Crippen LogP contribution in [0.3, 0.4) is 0 Å². The van der Waals surface area contributed by atoms with Crippen LogP contribution in [0.25, 0.3) is 0 Å². The zero-order valence-electron chi connectivity index (χ0n) is 7.99. The molecule has 1 aromatic rings. The summed E-state index contributed by atoms with van der Waals surface area (Å²) >= 11 is 1.03. The van der Waals surface area contributed by atoms with Crippen LogP contribution in [0.15, 0.2) is 11.7 Å². The van der Waals surface area contributed by atoms with Gasteiger partial charge >= 0.3 is 11.9 Å². The van der Waals surface area contributed by atoms with Crippen LogP contribution >= 0.6 is 11.3 Å². The lowest BCUT2D eigenvalue weighted by atomic mass is 10.4. The molecule has 2 N–H and O–H groups in total. The van der Waals surface area contributed by atoms with Gasteiger partial charge in [0.25, 0.3) is 5.91 Å². The van der Waals surface area contributed by atoms with Crippen LogP contribution in [-0.2, 0) is 9.59 Å². The molecule has 0 aromatic carbocycles. The maximum absolute atomic E-state index is 11.6. The zero-order valence-corrected chi connectivity index (χ0v) is 8.81. The molecule has 7 nitrogen and oxygen atoms in total. The number of hydrogen-bond acceptors (Lipinski definition) is 5. The Balaban J connectivity index is 2.79. The lowest BCUT2D eigenvalue weighted by molar-refractivity contribution is -0.140. The molecular weight excluding hydrogens is 236 g/mol. The fourth-order valence-corrected chi connectivity index (χ4v) is 1.59. The minimum atomic E-state index is -1.26. The van der Waals surface area contributed by atoms with Gasteiger partial charge in [-0.2, -0.15) is 0 Å². The number of hydrogen-bond donors (Lipinski definition) is 2. The molecule has 0 fully saturated rings. The van der Waals surface area contributed by atoms with Crippen LogP contribution in [0.4, 0.5) is 0 Å². The average Bonchev–Trinajstić information content (AvgIpc) is 2.66. The first-order valence-corrected chi connectivity index (χ1v) is 5.00. The Hall–Kier alpha value is -1.96. The highest BCUT2D eigenvalue weighted by molar-refractivity contribution is 7.11. The van der Waals surface area contributed by atoms with Gasteiger partial charge in [0.15, 0.2) is 0 Å². The maximum Gasteiger partial charge on any atom is 0.323 e. The van der Waals surface area contributed by atoms with E-state index >= 15 is 0 Å². The van der Waals surface area contributed by atoms with Crippen molar-refractivity contribution in [3.05, 3.63) is 16.6 Å². The van der Waals surface area contributed by atoms with Crippen molar-refractivity contribution in [1.82, 2.24) is 9.88 Å². The van der Waals surface area contributed by atoms with Gasteiger partial charge in [0.2, 0.25) is 0 Å². The number of carbonyl (C=O) groups is 3. The number of carboxylic acid groups (broad SMARTS) is 2. The molecule has 1 aromatic heterocycles. The summed E-state index contributed by atoms with van der Waals surface area (Å²) in [6.45, 7) is -1.30. The average molecular weight is 244 g/mol. The number of thiazole rings is 1. The predicted octanol–water partition coefficient (Wildman–Crippen LogP) is -0.245. The number of aromatic nitrogens is 1. The number of rotatable bonds is 5. The Kier molecular flexibility index (Phi) is 3.95. The third-order valence-electron chi connectivity index (χ3n) is 1.58. The van der Waals surface area contributed by atoms with Crippen molar-refractivity contribution in [2.24, 2.45) is 0 Å². The van der Waals surface area contributed by atoms with Crippen LogP contribution < -0.4 is 0 Å². The number of amides is 1. The van der Waals surface area contributed by atoms with Crippen LogP contribution in [0.1, 0.15) is 9.67 Å². The van der Waals surface area contributed by atoms with Gasteiger partial charge in [-0.05, 0) is 0 Å². The van der Waals surface area contributed by atoms with E-state index in [-0.39, 0.29) is 4.88 Å². The van der Waals surface area contributed by atoms with E-state index < -0.39 is 30.9 Å². The van der Waals surface area contributed by atoms with Gasteiger partial charge in [0, 0.05) is 0 Å². The second kappa shape index (κ2) is 5.21. The molecule has 0 aliphatic carbocycles. The highest BCUT2D eigenvalue weighted by Crippen LogP contribution is 2.09. The first-order valence-electron chi connectivity index (χ1n) is 4.12. The fraction of sp³-hybridized carbons (Fsp3) is 0.250. The largest absolute Gasteiger partial charge is 0.480 e. The number of aliphatic carboxylic acids is 2. The summed E-state index contributed by atoms with van der Waals surface area (Å²) in [5.74, 6) is -3.18. The van der Waals surface area contributed by atoms with Gasteiger partial charge in [0.1, 0.15) is 18.0 Å². The molecule has 0 unspecified atom stereocenters. The Morgan fingerprint density at radius 2 is 1.81 bits per heavy atom. The van der Waals surface area contributed by atoms with Crippen LogP contribution in [0, 0.1) is 0 Å². The Bertz CT molecular complexity index is 387. The summed E-state index contributed by atoms with van der Waals surface area (Å²) in [7, 11) is 0. The van der Waals surface area contributed by atoms with Crippen molar-refractivity contribution in [1.29, 1.82) is 0 Å². The van der Waals surface area contributed by atoms with E-state index in [2.05, 4.69) is 4.98 Å². The molecule has 1 rings (SSSR count). The summed E-state index contributed by atoms with van der Waals surface area (Å²) in [6.07, 6.45) is 1.27. The highest BCUT2D eigenvalue weighted by atomic mass is 32.1. The third kappa shape index (κ3) is 3.31. The first kappa shape index (κ1) is 12.1. The topological polar surface area (TPSA) is 108 Å². The second-order valence-electron chi connectivity index (χ2n) is 2.81. The summed E-state index contributed by atoms with van der Waals surface area (Å²) in [6, 6.07) is 0. The fourth-order valence-electron chi connectivity index (χ4n) is 1.00. The van der Waals surface area contributed by atoms with Gasteiger partial charge in [-0.3, -0.25) is 19.4 Å². The molecule has 16 heavy (non-hydrogen) atoms. The molecular formula is C8H8N2O5S. The molecule has 0 bridgehead atoms. The SMILES string of the molecule is O=C(O)CN(CC(=O)O)C(=O)c1cncs1. The van der Waals surface area contributed by atoms with Gasteiger partial charge in [-0.15, -0.1) is 11.3 Å². The second-order valence-corrected chi connectivity index (χ2v) is 3.70. The van der Waals surface area contributed by atoms with E-state index in [1.54, 1.807) is 0 Å². The minimum Gasteiger partial charge on any atom is -0.480 e. The number of nitrogens with zero attached hydrogens (tertiary/aromatic N) is 2. The Morgan fingerprint density at radius 3 is 2.19 bits per heavy atom. The molecule has 0 saturated carbocycles. The number of carbonyl (C=O) groups excluding carboxylic acids is 1. The summed E-state index contributed by atoms with van der Waals surface area (Å²) in [4.78, 5) is 37.2. The van der Waals surface area contributed by atoms with Crippen molar-refractivity contribution in [2.75, 3.05) is 13.1 Å². The summed E-state index contributed by atoms with van der Waals surface area (Å²) in [5.41, 5.74) is 1.41. The third-order valence-corrected chi connectivity index (χ3v) is 2.34. The smallest absolute Gasteiger partial charge is 0.323 e. The van der Waals surface area contributed by atoms with Gasteiger partial charge in [-0.1, -0.05) is 0 Å². The summed E-state index contributed by atoms with van der Waals surface area (Å²) in [5, 5.41) is 17.1. The van der Waals surface area contributed by atoms with Gasteiger partial charge < -0.3 is 15.1 Å². The first-order chi connectivity index (χ1) is 7.50. The van der Waals surface area contributed by atoms with Crippen molar-refractivity contribution >= 4 is 29.2 Å². The van der Waals surface area contributed by atoms with Gasteiger partial charge in [0.05, 0.1) is 11.7 Å². The molecule has 0 aliphatic heterocycles. The van der Waals surface area contributed by atoms with Crippen molar-refractivity contribution in [2.45, 2.75) is 0 Å². The minimum absolute atomic E-state index is 0.211. The highest BCUT2D eigenvalue weighted by Gasteiger charge is 2.21. The molecule has 86 valence electrons.